The number of hydrogen-bond acceptors (Lipinski definition) is 1. The molecule has 1 nitrogen and oxygen atoms in total. The van der Waals surface area contributed by atoms with Crippen LogP contribution in [0.2, 0.25) is 0 Å². The molecule has 0 spiro atoms. The van der Waals surface area contributed by atoms with Crippen molar-refractivity contribution < 1.29 is 0 Å². The summed E-state index contributed by atoms with van der Waals surface area (Å²) in [6.45, 7) is 9.84. The SMILES string of the molecule is C=Cc1c(C)cccc1NC.CC. The van der Waals surface area contributed by atoms with Crippen LogP contribution in [0.15, 0.2) is 24.8 Å². The molecule has 0 aliphatic heterocycles. The van der Waals surface area contributed by atoms with Gasteiger partial charge in [-0.05, 0) is 24.1 Å². The van der Waals surface area contributed by atoms with Gasteiger partial charge in [-0.25, -0.2) is 0 Å². The second-order valence-corrected chi connectivity index (χ2v) is 2.49. The molecule has 0 unspecified atom stereocenters. The van der Waals surface area contributed by atoms with Crippen LogP contribution >= 0.6 is 0 Å². The molecule has 72 valence electrons. The minimum absolute atomic E-state index is 1.14. The van der Waals surface area contributed by atoms with Gasteiger partial charge in [0.1, 0.15) is 0 Å². The zero-order valence-electron chi connectivity index (χ0n) is 9.02. The van der Waals surface area contributed by atoms with Gasteiger partial charge in [-0.2, -0.15) is 0 Å². The summed E-state index contributed by atoms with van der Waals surface area (Å²) in [5.41, 5.74) is 3.59. The molecule has 1 aromatic carbocycles. The van der Waals surface area contributed by atoms with E-state index in [-0.39, 0.29) is 0 Å². The average Bonchev–Trinajstić information content (AvgIpc) is 2.20. The normalized spacial score (nSPS) is 8.31. The molecule has 0 saturated heterocycles. The first-order valence-electron chi connectivity index (χ1n) is 4.69. The van der Waals surface area contributed by atoms with Gasteiger partial charge in [0.25, 0.3) is 0 Å². The summed E-state index contributed by atoms with van der Waals surface area (Å²) in [5, 5.41) is 3.12. The zero-order valence-corrected chi connectivity index (χ0v) is 9.02. The Kier molecular flexibility index (Phi) is 5.69. The standard InChI is InChI=1S/C10H13N.C2H6/c1-4-9-8(2)6-5-7-10(9)11-3;1-2/h4-7,11H,1H2,2-3H3;1-2H3. The third-order valence-electron chi connectivity index (χ3n) is 1.80. The van der Waals surface area contributed by atoms with Crippen molar-refractivity contribution in [2.45, 2.75) is 20.8 Å². The fourth-order valence-electron chi connectivity index (χ4n) is 1.17. The fourth-order valence-corrected chi connectivity index (χ4v) is 1.17. The Labute approximate surface area is 81.5 Å². The van der Waals surface area contributed by atoms with Crippen molar-refractivity contribution in [3.63, 3.8) is 0 Å². The van der Waals surface area contributed by atoms with Crippen molar-refractivity contribution in [3.8, 4) is 0 Å². The van der Waals surface area contributed by atoms with E-state index >= 15 is 0 Å². The summed E-state index contributed by atoms with van der Waals surface area (Å²) in [6.07, 6.45) is 1.88. The molecule has 0 aliphatic carbocycles. The van der Waals surface area contributed by atoms with Crippen molar-refractivity contribution in [3.05, 3.63) is 35.9 Å². The van der Waals surface area contributed by atoms with E-state index in [2.05, 4.69) is 24.9 Å². The Bertz CT molecular complexity index is 264. The summed E-state index contributed by atoms with van der Waals surface area (Å²) in [4.78, 5) is 0. The van der Waals surface area contributed by atoms with Crippen LogP contribution in [-0.2, 0) is 0 Å². The number of benzene rings is 1. The van der Waals surface area contributed by atoms with Crippen molar-refractivity contribution in [2.75, 3.05) is 12.4 Å². The van der Waals surface area contributed by atoms with E-state index in [0.717, 1.165) is 5.69 Å². The summed E-state index contributed by atoms with van der Waals surface area (Å²) in [6, 6.07) is 6.16. The van der Waals surface area contributed by atoms with E-state index in [0.29, 0.717) is 0 Å². The second-order valence-electron chi connectivity index (χ2n) is 2.49. The molecule has 0 atom stereocenters. The molecule has 0 saturated carbocycles. The van der Waals surface area contributed by atoms with Crippen LogP contribution in [0, 0.1) is 6.92 Å². The summed E-state index contributed by atoms with van der Waals surface area (Å²) >= 11 is 0. The predicted molar refractivity (Wildman–Crippen MR) is 62.2 cm³/mol. The molecule has 1 rings (SSSR count). The van der Waals surface area contributed by atoms with Gasteiger partial charge in [0.15, 0.2) is 0 Å². The maximum atomic E-state index is 3.76. The molecule has 0 bridgehead atoms. The Morgan fingerprint density at radius 2 is 1.92 bits per heavy atom. The monoisotopic (exact) mass is 177 g/mol. The van der Waals surface area contributed by atoms with Crippen LogP contribution in [0.1, 0.15) is 25.0 Å². The molecule has 1 heteroatoms. The number of hydrogen-bond donors (Lipinski definition) is 1. The highest BCUT2D eigenvalue weighted by molar-refractivity contribution is 5.68. The molecule has 0 aliphatic rings. The number of anilines is 1. The quantitative estimate of drug-likeness (QED) is 0.726. The minimum Gasteiger partial charge on any atom is -0.388 e. The first-order chi connectivity index (χ1) is 6.29. The lowest BCUT2D eigenvalue weighted by atomic mass is 10.1. The summed E-state index contributed by atoms with van der Waals surface area (Å²) < 4.78 is 0. The smallest absolute Gasteiger partial charge is 0.0413 e. The number of aryl methyl sites for hydroxylation is 1. The van der Waals surface area contributed by atoms with Gasteiger partial charge in [0, 0.05) is 12.7 Å². The fraction of sp³-hybridized carbons (Fsp3) is 0.333. The van der Waals surface area contributed by atoms with Crippen molar-refractivity contribution in [1.29, 1.82) is 0 Å². The van der Waals surface area contributed by atoms with Gasteiger partial charge in [-0.1, -0.05) is 38.6 Å². The van der Waals surface area contributed by atoms with Crippen molar-refractivity contribution in [1.82, 2.24) is 0 Å². The molecule has 0 aromatic heterocycles. The molecule has 0 heterocycles. The van der Waals surface area contributed by atoms with Gasteiger partial charge in [-0.15, -0.1) is 0 Å². The van der Waals surface area contributed by atoms with Crippen LogP contribution in [0.5, 0.6) is 0 Å². The Balaban J connectivity index is 0.000000671. The highest BCUT2D eigenvalue weighted by atomic mass is 14.8. The topological polar surface area (TPSA) is 12.0 Å². The van der Waals surface area contributed by atoms with E-state index in [1.54, 1.807) is 0 Å². The zero-order chi connectivity index (χ0) is 10.3. The van der Waals surface area contributed by atoms with Gasteiger partial charge in [0.05, 0.1) is 0 Å². The molecule has 13 heavy (non-hydrogen) atoms. The molecule has 0 amide bonds. The van der Waals surface area contributed by atoms with E-state index in [1.807, 2.05) is 39.1 Å². The number of rotatable bonds is 2. The largest absolute Gasteiger partial charge is 0.388 e. The van der Waals surface area contributed by atoms with Crippen molar-refractivity contribution >= 4 is 11.8 Å². The summed E-state index contributed by atoms with van der Waals surface area (Å²) in [7, 11) is 1.92. The molecule has 1 N–H and O–H groups in total. The number of nitrogens with one attached hydrogen (secondary N) is 1. The third kappa shape index (κ3) is 2.94. The minimum atomic E-state index is 1.14. The molecule has 0 radical (unpaired) electrons. The molecular formula is C12H19N. The third-order valence-corrected chi connectivity index (χ3v) is 1.80. The summed E-state index contributed by atoms with van der Waals surface area (Å²) in [5.74, 6) is 0. The van der Waals surface area contributed by atoms with Gasteiger partial charge < -0.3 is 5.32 Å². The Morgan fingerprint density at radius 3 is 2.31 bits per heavy atom. The predicted octanol–water partition coefficient (Wildman–Crippen LogP) is 3.71. The highest BCUT2D eigenvalue weighted by Crippen LogP contribution is 2.19. The first kappa shape index (κ1) is 11.8. The van der Waals surface area contributed by atoms with Crippen LogP contribution < -0.4 is 5.32 Å². The molecule has 0 fully saturated rings. The maximum absolute atomic E-state index is 3.76. The van der Waals surface area contributed by atoms with Gasteiger partial charge >= 0.3 is 0 Å². The van der Waals surface area contributed by atoms with Crippen LogP contribution in [0.3, 0.4) is 0 Å². The first-order valence-corrected chi connectivity index (χ1v) is 4.69. The lowest BCUT2D eigenvalue weighted by Crippen LogP contribution is -1.92. The Morgan fingerprint density at radius 1 is 1.31 bits per heavy atom. The van der Waals surface area contributed by atoms with Crippen molar-refractivity contribution in [2.24, 2.45) is 0 Å². The molecule has 1 aromatic rings. The highest BCUT2D eigenvalue weighted by Gasteiger charge is 1.97. The molecular weight excluding hydrogens is 158 g/mol. The van der Waals surface area contributed by atoms with E-state index in [4.69, 9.17) is 0 Å². The maximum Gasteiger partial charge on any atom is 0.0413 e. The van der Waals surface area contributed by atoms with Gasteiger partial charge in [0.2, 0.25) is 0 Å². The lowest BCUT2D eigenvalue weighted by molar-refractivity contribution is 1.41. The van der Waals surface area contributed by atoms with Gasteiger partial charge in [-0.3, -0.25) is 0 Å². The van der Waals surface area contributed by atoms with Crippen LogP contribution in [0.4, 0.5) is 5.69 Å². The second kappa shape index (κ2) is 6.30. The van der Waals surface area contributed by atoms with E-state index in [9.17, 15) is 0 Å². The van der Waals surface area contributed by atoms with Crippen LogP contribution in [-0.4, -0.2) is 7.05 Å². The van der Waals surface area contributed by atoms with Crippen LogP contribution in [0.25, 0.3) is 6.08 Å². The van der Waals surface area contributed by atoms with E-state index < -0.39 is 0 Å². The van der Waals surface area contributed by atoms with E-state index in [1.165, 1.54) is 11.1 Å². The Hall–Kier alpha value is -1.24. The average molecular weight is 177 g/mol. The lowest BCUT2D eigenvalue weighted by Gasteiger charge is -2.06.